The molecule has 0 aromatic heterocycles. The van der Waals surface area contributed by atoms with Crippen molar-refractivity contribution in [2.24, 2.45) is 23.0 Å². The third-order valence-electron chi connectivity index (χ3n) is 4.44. The largest absolute Gasteiger partial charge is 0.356 e. The first-order chi connectivity index (χ1) is 8.51. The maximum Gasteiger partial charge on any atom is 0.220 e. The van der Waals surface area contributed by atoms with Crippen LogP contribution in [0, 0.1) is 17.3 Å². The molecule has 1 unspecified atom stereocenters. The van der Waals surface area contributed by atoms with Crippen LogP contribution in [0.25, 0.3) is 0 Å². The maximum absolute atomic E-state index is 11.9. The number of hydrogen-bond acceptors (Lipinski definition) is 2. The first-order valence-corrected chi connectivity index (χ1v) is 7.48. The lowest BCUT2D eigenvalue weighted by Crippen LogP contribution is -2.42. The van der Waals surface area contributed by atoms with E-state index >= 15 is 0 Å². The average Bonchev–Trinajstić information content (AvgIpc) is 2.26. The van der Waals surface area contributed by atoms with Crippen LogP contribution in [0.5, 0.6) is 0 Å². The average molecular weight is 254 g/mol. The van der Waals surface area contributed by atoms with E-state index in [1.807, 2.05) is 0 Å². The molecule has 0 aromatic carbocycles. The Bertz CT molecular complexity index is 254. The van der Waals surface area contributed by atoms with Crippen LogP contribution in [0.4, 0.5) is 0 Å². The number of carbonyl (C=O) groups is 1. The van der Waals surface area contributed by atoms with Crippen LogP contribution in [0.15, 0.2) is 0 Å². The van der Waals surface area contributed by atoms with Crippen molar-refractivity contribution in [1.29, 1.82) is 0 Å². The first kappa shape index (κ1) is 15.5. The lowest BCUT2D eigenvalue weighted by Gasteiger charge is -2.41. The Morgan fingerprint density at radius 2 is 2.06 bits per heavy atom. The van der Waals surface area contributed by atoms with Gasteiger partial charge in [0.2, 0.25) is 5.91 Å². The molecule has 1 fully saturated rings. The Kier molecular flexibility index (Phi) is 6.13. The Labute approximate surface area is 112 Å². The van der Waals surface area contributed by atoms with Crippen LogP contribution >= 0.6 is 0 Å². The summed E-state index contributed by atoms with van der Waals surface area (Å²) in [6, 6.07) is 0. The fourth-order valence-electron chi connectivity index (χ4n) is 2.88. The quantitative estimate of drug-likeness (QED) is 0.699. The molecule has 1 aliphatic carbocycles. The predicted octanol–water partition coefficient (Wildman–Crippen LogP) is 2.69. The van der Waals surface area contributed by atoms with Crippen LogP contribution in [-0.2, 0) is 4.79 Å². The monoisotopic (exact) mass is 254 g/mol. The molecule has 3 nitrogen and oxygen atoms in total. The van der Waals surface area contributed by atoms with Gasteiger partial charge in [0.1, 0.15) is 0 Å². The maximum atomic E-state index is 11.9. The van der Waals surface area contributed by atoms with Crippen molar-refractivity contribution < 1.29 is 4.79 Å². The van der Waals surface area contributed by atoms with Gasteiger partial charge in [0, 0.05) is 13.0 Å². The summed E-state index contributed by atoms with van der Waals surface area (Å²) in [5.41, 5.74) is 6.14. The molecular weight excluding hydrogens is 224 g/mol. The molecule has 0 aromatic rings. The number of hydrogen-bond donors (Lipinski definition) is 2. The molecule has 0 bridgehead atoms. The molecule has 1 atom stereocenters. The fourth-order valence-corrected chi connectivity index (χ4v) is 2.88. The zero-order valence-electron chi connectivity index (χ0n) is 12.3. The second-order valence-corrected chi connectivity index (χ2v) is 6.42. The van der Waals surface area contributed by atoms with Gasteiger partial charge < -0.3 is 11.1 Å². The van der Waals surface area contributed by atoms with E-state index in [9.17, 15) is 4.79 Å². The van der Waals surface area contributed by atoms with E-state index in [1.54, 1.807) is 0 Å². The Balaban J connectivity index is 2.27. The van der Waals surface area contributed by atoms with Crippen molar-refractivity contribution in [2.75, 3.05) is 13.1 Å². The van der Waals surface area contributed by atoms with E-state index in [4.69, 9.17) is 5.73 Å². The van der Waals surface area contributed by atoms with Crippen LogP contribution in [0.2, 0.25) is 0 Å². The van der Waals surface area contributed by atoms with Crippen molar-refractivity contribution in [2.45, 2.75) is 59.3 Å². The minimum Gasteiger partial charge on any atom is -0.356 e. The minimum atomic E-state index is 0.186. The van der Waals surface area contributed by atoms with Gasteiger partial charge in [-0.15, -0.1) is 0 Å². The van der Waals surface area contributed by atoms with E-state index in [2.05, 4.69) is 26.1 Å². The lowest BCUT2D eigenvalue weighted by molar-refractivity contribution is -0.123. The molecule has 0 saturated heterocycles. The van der Waals surface area contributed by atoms with Crippen LogP contribution in [0.3, 0.4) is 0 Å². The second kappa shape index (κ2) is 7.13. The van der Waals surface area contributed by atoms with Gasteiger partial charge in [-0.3, -0.25) is 4.79 Å². The van der Waals surface area contributed by atoms with Crippen molar-refractivity contribution >= 4 is 5.91 Å². The standard InChI is InChI=1S/C15H30N2O/c1-4-15(6-5-7-15)11-17-14(18)9-13(10-16)8-12(2)3/h12-13H,4-11,16H2,1-3H3,(H,17,18). The minimum absolute atomic E-state index is 0.186. The molecule has 3 N–H and O–H groups in total. The summed E-state index contributed by atoms with van der Waals surface area (Å²) >= 11 is 0. The molecule has 0 spiro atoms. The molecule has 0 radical (unpaired) electrons. The van der Waals surface area contributed by atoms with E-state index < -0.39 is 0 Å². The van der Waals surface area contributed by atoms with Crippen molar-refractivity contribution in [3.63, 3.8) is 0 Å². The van der Waals surface area contributed by atoms with Gasteiger partial charge in [0.15, 0.2) is 0 Å². The van der Waals surface area contributed by atoms with Gasteiger partial charge in [-0.1, -0.05) is 27.2 Å². The smallest absolute Gasteiger partial charge is 0.220 e. The summed E-state index contributed by atoms with van der Waals surface area (Å²) in [6.45, 7) is 8.07. The van der Waals surface area contributed by atoms with Crippen LogP contribution in [0.1, 0.15) is 59.3 Å². The fraction of sp³-hybridized carbons (Fsp3) is 0.933. The number of carbonyl (C=O) groups excluding carboxylic acids is 1. The van der Waals surface area contributed by atoms with Gasteiger partial charge in [0.05, 0.1) is 0 Å². The van der Waals surface area contributed by atoms with Crippen molar-refractivity contribution in [3.8, 4) is 0 Å². The third kappa shape index (κ3) is 4.60. The van der Waals surface area contributed by atoms with Gasteiger partial charge in [-0.2, -0.15) is 0 Å². The molecule has 1 saturated carbocycles. The van der Waals surface area contributed by atoms with Gasteiger partial charge in [-0.25, -0.2) is 0 Å². The molecule has 0 heterocycles. The predicted molar refractivity (Wildman–Crippen MR) is 76.2 cm³/mol. The van der Waals surface area contributed by atoms with E-state index in [0.717, 1.165) is 13.0 Å². The lowest BCUT2D eigenvalue weighted by atomic mass is 9.67. The van der Waals surface area contributed by atoms with Gasteiger partial charge in [0.25, 0.3) is 0 Å². The first-order valence-electron chi connectivity index (χ1n) is 7.48. The van der Waals surface area contributed by atoms with E-state index in [0.29, 0.717) is 30.2 Å². The normalized spacial score (nSPS) is 19.4. The number of amides is 1. The molecule has 0 aliphatic heterocycles. The molecule has 18 heavy (non-hydrogen) atoms. The Morgan fingerprint density at radius 1 is 1.39 bits per heavy atom. The summed E-state index contributed by atoms with van der Waals surface area (Å²) in [7, 11) is 0. The Morgan fingerprint density at radius 3 is 2.44 bits per heavy atom. The molecule has 106 valence electrons. The number of nitrogens with one attached hydrogen (secondary N) is 1. The summed E-state index contributed by atoms with van der Waals surface area (Å²) in [4.78, 5) is 11.9. The number of rotatable bonds is 8. The van der Waals surface area contributed by atoms with Crippen molar-refractivity contribution in [1.82, 2.24) is 5.32 Å². The summed E-state index contributed by atoms with van der Waals surface area (Å²) in [5, 5.41) is 3.12. The molecule has 1 amide bonds. The molecule has 1 aliphatic rings. The van der Waals surface area contributed by atoms with E-state index in [-0.39, 0.29) is 5.91 Å². The third-order valence-corrected chi connectivity index (χ3v) is 4.44. The van der Waals surface area contributed by atoms with Crippen LogP contribution in [-0.4, -0.2) is 19.0 Å². The SMILES string of the molecule is CCC1(CNC(=O)CC(CN)CC(C)C)CCC1. The van der Waals surface area contributed by atoms with Crippen molar-refractivity contribution in [3.05, 3.63) is 0 Å². The zero-order valence-corrected chi connectivity index (χ0v) is 12.3. The zero-order chi connectivity index (χ0) is 13.6. The van der Waals surface area contributed by atoms with Gasteiger partial charge >= 0.3 is 0 Å². The highest BCUT2D eigenvalue weighted by molar-refractivity contribution is 5.76. The highest BCUT2D eigenvalue weighted by Gasteiger charge is 2.35. The summed E-state index contributed by atoms with van der Waals surface area (Å²) < 4.78 is 0. The number of nitrogens with two attached hydrogens (primary N) is 1. The highest BCUT2D eigenvalue weighted by atomic mass is 16.1. The van der Waals surface area contributed by atoms with E-state index in [1.165, 1.54) is 25.7 Å². The second-order valence-electron chi connectivity index (χ2n) is 6.42. The molecule has 1 rings (SSSR count). The topological polar surface area (TPSA) is 55.1 Å². The Hall–Kier alpha value is -0.570. The van der Waals surface area contributed by atoms with Crippen LogP contribution < -0.4 is 11.1 Å². The molecular formula is C15H30N2O. The molecule has 3 heteroatoms. The summed E-state index contributed by atoms with van der Waals surface area (Å²) in [5.74, 6) is 1.13. The summed E-state index contributed by atoms with van der Waals surface area (Å²) in [6.07, 6.45) is 6.69. The highest BCUT2D eigenvalue weighted by Crippen LogP contribution is 2.43. The van der Waals surface area contributed by atoms with Gasteiger partial charge in [-0.05, 0) is 49.5 Å².